The fourth-order valence-corrected chi connectivity index (χ4v) is 5.99. The fraction of sp³-hybridized carbons (Fsp3) is 0.222. The summed E-state index contributed by atoms with van der Waals surface area (Å²) >= 11 is 0. The predicted octanol–water partition coefficient (Wildman–Crippen LogP) is 9.60. The molecule has 6 rings (SSSR count). The van der Waals surface area contributed by atoms with Gasteiger partial charge in [-0.25, -0.2) is 0 Å². The third-order valence-corrected chi connectivity index (χ3v) is 8.02. The molecule has 0 aliphatic carbocycles. The summed E-state index contributed by atoms with van der Waals surface area (Å²) in [5, 5.41) is 23.5. The molecule has 0 saturated heterocycles. The molecule has 0 aliphatic rings. The van der Waals surface area contributed by atoms with Crippen LogP contribution in [-0.2, 0) is 13.1 Å². The minimum Gasteiger partial charge on any atom is -0.340 e. The lowest BCUT2D eigenvalue weighted by Gasteiger charge is -2.08. The highest BCUT2D eigenvalue weighted by atomic mass is 15.0. The van der Waals surface area contributed by atoms with Crippen LogP contribution in [0.15, 0.2) is 84.4 Å². The SMILES string of the molecule is CCCCn1c2ccccc2c2cc(-c3ccc4c(c3)c3cc(C=C(C#N)C#N)ccc3n4CCCC)ccc21. The maximum absolute atomic E-state index is 9.27. The molecule has 0 amide bonds. The Labute approximate surface area is 235 Å². The highest BCUT2D eigenvalue weighted by molar-refractivity contribution is 6.11. The van der Waals surface area contributed by atoms with E-state index >= 15 is 0 Å². The first-order valence-corrected chi connectivity index (χ1v) is 14.3. The minimum atomic E-state index is 0.112. The number of unbranched alkanes of at least 4 members (excludes halogenated alkanes) is 2. The molecule has 2 heterocycles. The first-order valence-electron chi connectivity index (χ1n) is 14.3. The van der Waals surface area contributed by atoms with Gasteiger partial charge in [0, 0.05) is 56.7 Å². The molecular formula is C36H32N4. The molecule has 4 nitrogen and oxygen atoms in total. The zero-order valence-electron chi connectivity index (χ0n) is 23.1. The maximum atomic E-state index is 9.27. The highest BCUT2D eigenvalue weighted by Gasteiger charge is 2.15. The van der Waals surface area contributed by atoms with E-state index in [4.69, 9.17) is 0 Å². The van der Waals surface area contributed by atoms with Crippen molar-refractivity contribution in [1.82, 2.24) is 9.13 Å². The van der Waals surface area contributed by atoms with Crippen molar-refractivity contribution in [3.63, 3.8) is 0 Å². The molecule has 4 aromatic carbocycles. The predicted molar refractivity (Wildman–Crippen MR) is 167 cm³/mol. The van der Waals surface area contributed by atoms with Gasteiger partial charge in [-0.2, -0.15) is 10.5 Å². The summed E-state index contributed by atoms with van der Waals surface area (Å²) in [6, 6.07) is 32.6. The molecule has 2 aromatic heterocycles. The van der Waals surface area contributed by atoms with Gasteiger partial charge in [0.05, 0.1) is 0 Å². The Morgan fingerprint density at radius 1 is 0.625 bits per heavy atom. The molecule has 0 radical (unpaired) electrons. The quantitative estimate of drug-likeness (QED) is 0.188. The zero-order valence-corrected chi connectivity index (χ0v) is 23.1. The lowest BCUT2D eigenvalue weighted by atomic mass is 10.00. The van der Waals surface area contributed by atoms with Crippen molar-refractivity contribution in [1.29, 1.82) is 10.5 Å². The lowest BCUT2D eigenvalue weighted by Crippen LogP contribution is -1.97. The van der Waals surface area contributed by atoms with E-state index < -0.39 is 0 Å². The zero-order chi connectivity index (χ0) is 27.6. The maximum Gasteiger partial charge on any atom is 0.130 e. The Kier molecular flexibility index (Phi) is 6.85. The van der Waals surface area contributed by atoms with Crippen molar-refractivity contribution < 1.29 is 0 Å². The van der Waals surface area contributed by atoms with E-state index in [1.54, 1.807) is 6.08 Å². The van der Waals surface area contributed by atoms with E-state index in [-0.39, 0.29) is 5.57 Å². The van der Waals surface area contributed by atoms with Crippen molar-refractivity contribution in [2.24, 2.45) is 0 Å². The molecule has 0 unspecified atom stereocenters. The summed E-state index contributed by atoms with van der Waals surface area (Å²) in [6.07, 6.45) is 6.23. The molecule has 0 spiro atoms. The molecule has 0 fully saturated rings. The van der Waals surface area contributed by atoms with Crippen LogP contribution in [0.1, 0.15) is 45.1 Å². The summed E-state index contributed by atoms with van der Waals surface area (Å²) in [6.45, 7) is 6.44. The number of aromatic nitrogens is 2. The molecule has 0 bridgehead atoms. The van der Waals surface area contributed by atoms with Crippen LogP contribution in [-0.4, -0.2) is 9.13 Å². The number of nitriles is 2. The number of fused-ring (bicyclic) bond motifs is 6. The van der Waals surface area contributed by atoms with Gasteiger partial charge in [-0.3, -0.25) is 0 Å². The molecular weight excluding hydrogens is 488 g/mol. The molecule has 4 heteroatoms. The van der Waals surface area contributed by atoms with E-state index in [1.807, 2.05) is 18.2 Å². The first kappa shape index (κ1) is 25.5. The van der Waals surface area contributed by atoms with Crippen molar-refractivity contribution >= 4 is 49.7 Å². The average Bonchev–Trinajstić information content (AvgIpc) is 3.48. The highest BCUT2D eigenvalue weighted by Crippen LogP contribution is 2.37. The standard InChI is InChI=1S/C36H32N4/c1-3-5-17-39-33-10-8-7-9-29(33)31-21-27(12-15-35(31)39)28-13-16-36-32(22-28)30-20-25(19-26(23-37)24-38)11-14-34(30)40(36)18-6-4-2/h7-16,19-22H,3-6,17-18H2,1-2H3. The van der Waals surface area contributed by atoms with Gasteiger partial charge in [-0.15, -0.1) is 0 Å². The topological polar surface area (TPSA) is 57.4 Å². The van der Waals surface area contributed by atoms with Gasteiger partial charge in [-0.05, 0) is 78.1 Å². The molecule has 6 aromatic rings. The summed E-state index contributed by atoms with van der Waals surface area (Å²) in [5.74, 6) is 0. The molecule has 0 atom stereocenters. The number of hydrogen-bond donors (Lipinski definition) is 0. The van der Waals surface area contributed by atoms with Gasteiger partial charge in [-0.1, -0.05) is 63.1 Å². The number of para-hydroxylation sites is 1. The lowest BCUT2D eigenvalue weighted by molar-refractivity contribution is 0.665. The summed E-state index contributed by atoms with van der Waals surface area (Å²) in [5.41, 5.74) is 8.35. The third kappa shape index (κ3) is 4.33. The number of aryl methyl sites for hydroxylation is 2. The van der Waals surface area contributed by atoms with Gasteiger partial charge < -0.3 is 9.13 Å². The minimum absolute atomic E-state index is 0.112. The van der Waals surface area contributed by atoms with Gasteiger partial charge in [0.2, 0.25) is 0 Å². The summed E-state index contributed by atoms with van der Waals surface area (Å²) in [4.78, 5) is 0. The fourth-order valence-electron chi connectivity index (χ4n) is 5.99. The second-order valence-corrected chi connectivity index (χ2v) is 10.5. The van der Waals surface area contributed by atoms with E-state index in [0.717, 1.165) is 43.3 Å². The number of benzene rings is 4. The largest absolute Gasteiger partial charge is 0.340 e. The van der Waals surface area contributed by atoms with Crippen molar-refractivity contribution in [2.75, 3.05) is 0 Å². The molecule has 0 saturated carbocycles. The number of rotatable bonds is 8. The Hall–Kier alpha value is -4.80. The molecule has 196 valence electrons. The van der Waals surface area contributed by atoms with Gasteiger partial charge in [0.1, 0.15) is 17.7 Å². The van der Waals surface area contributed by atoms with E-state index in [9.17, 15) is 10.5 Å². The Balaban J connectivity index is 1.54. The van der Waals surface area contributed by atoms with Crippen LogP contribution in [0.25, 0.3) is 60.8 Å². The smallest absolute Gasteiger partial charge is 0.130 e. The van der Waals surface area contributed by atoms with Gasteiger partial charge in [0.15, 0.2) is 0 Å². The second-order valence-electron chi connectivity index (χ2n) is 10.5. The Morgan fingerprint density at radius 3 is 1.70 bits per heavy atom. The summed E-state index contributed by atoms with van der Waals surface area (Å²) in [7, 11) is 0. The Morgan fingerprint density at radius 2 is 1.12 bits per heavy atom. The van der Waals surface area contributed by atoms with Crippen LogP contribution < -0.4 is 0 Å². The normalized spacial score (nSPS) is 11.3. The van der Waals surface area contributed by atoms with Gasteiger partial charge in [0.25, 0.3) is 0 Å². The molecule has 40 heavy (non-hydrogen) atoms. The number of nitrogens with zero attached hydrogens (tertiary/aromatic N) is 4. The van der Waals surface area contributed by atoms with Crippen LogP contribution in [0.4, 0.5) is 0 Å². The van der Waals surface area contributed by atoms with Crippen LogP contribution in [0.2, 0.25) is 0 Å². The average molecular weight is 521 g/mol. The molecule has 0 N–H and O–H groups in total. The van der Waals surface area contributed by atoms with E-state index in [2.05, 4.69) is 95.8 Å². The monoisotopic (exact) mass is 520 g/mol. The van der Waals surface area contributed by atoms with Crippen LogP contribution in [0.5, 0.6) is 0 Å². The summed E-state index contributed by atoms with van der Waals surface area (Å²) < 4.78 is 4.87. The van der Waals surface area contributed by atoms with Gasteiger partial charge >= 0.3 is 0 Å². The number of hydrogen-bond acceptors (Lipinski definition) is 2. The van der Waals surface area contributed by atoms with E-state index in [0.29, 0.717) is 0 Å². The number of allylic oxidation sites excluding steroid dienone is 1. The molecule has 0 aliphatic heterocycles. The van der Waals surface area contributed by atoms with Crippen molar-refractivity contribution in [2.45, 2.75) is 52.6 Å². The van der Waals surface area contributed by atoms with Crippen LogP contribution in [0, 0.1) is 22.7 Å². The first-order chi connectivity index (χ1) is 19.7. The van der Waals surface area contributed by atoms with Crippen molar-refractivity contribution in [3.8, 4) is 23.3 Å². The van der Waals surface area contributed by atoms with Crippen LogP contribution >= 0.6 is 0 Å². The third-order valence-electron chi connectivity index (χ3n) is 8.02. The Bertz CT molecular complexity index is 1990. The van der Waals surface area contributed by atoms with Crippen LogP contribution in [0.3, 0.4) is 0 Å². The van der Waals surface area contributed by atoms with E-state index in [1.165, 1.54) is 55.8 Å². The second kappa shape index (κ2) is 10.8. The van der Waals surface area contributed by atoms with Crippen molar-refractivity contribution in [3.05, 3.63) is 90.0 Å².